The molecule has 12 heteroatoms. The Hall–Kier alpha value is -4.14. The molecule has 0 aliphatic heterocycles. The summed E-state index contributed by atoms with van der Waals surface area (Å²) in [6.45, 7) is 0.552. The molecule has 0 spiro atoms. The first-order valence-electron chi connectivity index (χ1n) is 14.4. The molecule has 46 heavy (non-hydrogen) atoms. The van der Waals surface area contributed by atoms with Gasteiger partial charge in [0.2, 0.25) is 0 Å². The van der Waals surface area contributed by atoms with Crippen molar-refractivity contribution in [3.8, 4) is 0 Å². The molecule has 2 N–H and O–H groups in total. The number of rotatable bonds is 11. The van der Waals surface area contributed by atoms with Crippen LogP contribution in [0.25, 0.3) is 16.3 Å². The van der Waals surface area contributed by atoms with Crippen molar-refractivity contribution in [1.29, 1.82) is 0 Å². The van der Waals surface area contributed by atoms with Gasteiger partial charge in [0.15, 0.2) is 0 Å². The number of ether oxygens (including phenoxy) is 1. The molecule has 10 nitrogen and oxygen atoms in total. The van der Waals surface area contributed by atoms with E-state index in [9.17, 15) is 25.9 Å². The predicted molar refractivity (Wildman–Crippen MR) is 173 cm³/mol. The van der Waals surface area contributed by atoms with E-state index >= 15 is 0 Å². The third-order valence-electron chi connectivity index (χ3n) is 7.85. The maximum Gasteiger partial charge on any atom is 0.398 e. The van der Waals surface area contributed by atoms with Gasteiger partial charge < -0.3 is 9.30 Å². The molecule has 1 aliphatic rings. The first kappa shape index (κ1) is 31.8. The van der Waals surface area contributed by atoms with Gasteiger partial charge in [0, 0.05) is 24.9 Å². The van der Waals surface area contributed by atoms with Crippen LogP contribution in [0.15, 0.2) is 128 Å². The predicted octanol–water partition coefficient (Wildman–Crippen LogP) is 5.83. The quantitative estimate of drug-likeness (QED) is 0.167. The molecule has 0 radical (unpaired) electrons. The van der Waals surface area contributed by atoms with Crippen molar-refractivity contribution in [1.82, 2.24) is 4.57 Å². The van der Waals surface area contributed by atoms with Crippen LogP contribution in [-0.4, -0.2) is 48.8 Å². The standard InChI is InChI=1S/C34H31NO9S2/c36-45(37,38)43-33-31(29-17-9-15-26-14-7-8-16-28(26)29)20-30(27-18-19-35(22-27)21-24-10-3-1-4-11-24)32(34(33)44-46(39,40)41)42-23-25-12-5-2-6-13-25/h1-20,22,30,32-34H,21,23H2,(H,36,37,38)(H,39,40,41)/t30-,32-,33-,34+/m1/s1. The molecular formula is C34H31NO9S2. The summed E-state index contributed by atoms with van der Waals surface area (Å²) in [6.07, 6.45) is 0.830. The number of hydrogen-bond donors (Lipinski definition) is 2. The first-order chi connectivity index (χ1) is 22.0. The Morgan fingerprint density at radius 2 is 1.30 bits per heavy atom. The molecular weight excluding hydrogens is 631 g/mol. The molecule has 1 aromatic heterocycles. The normalized spacial score (nSPS) is 20.4. The molecule has 0 unspecified atom stereocenters. The molecule has 0 fully saturated rings. The van der Waals surface area contributed by atoms with Crippen LogP contribution in [0.2, 0.25) is 0 Å². The molecule has 5 aromatic rings. The Bertz CT molecular complexity index is 2060. The zero-order valence-corrected chi connectivity index (χ0v) is 26.0. The fourth-order valence-electron chi connectivity index (χ4n) is 5.94. The van der Waals surface area contributed by atoms with Gasteiger partial charge in [-0.2, -0.15) is 16.8 Å². The second kappa shape index (κ2) is 13.3. The lowest BCUT2D eigenvalue weighted by Gasteiger charge is -2.40. The first-order valence-corrected chi connectivity index (χ1v) is 17.1. The fraction of sp³-hybridized carbons (Fsp3) is 0.176. The van der Waals surface area contributed by atoms with Crippen LogP contribution in [0.1, 0.15) is 28.2 Å². The molecule has 6 rings (SSSR count). The van der Waals surface area contributed by atoms with Gasteiger partial charge >= 0.3 is 20.8 Å². The minimum Gasteiger partial charge on any atom is -0.370 e. The monoisotopic (exact) mass is 661 g/mol. The molecule has 0 saturated carbocycles. The average molecular weight is 662 g/mol. The van der Waals surface area contributed by atoms with E-state index in [2.05, 4.69) is 0 Å². The molecule has 0 bridgehead atoms. The van der Waals surface area contributed by atoms with Crippen molar-refractivity contribution < 1.29 is 39.0 Å². The van der Waals surface area contributed by atoms with Crippen molar-refractivity contribution >= 4 is 37.1 Å². The van der Waals surface area contributed by atoms with Crippen molar-refractivity contribution in [3.05, 3.63) is 150 Å². The number of fused-ring (bicyclic) bond motifs is 1. The highest BCUT2D eigenvalue weighted by molar-refractivity contribution is 7.81. The van der Waals surface area contributed by atoms with E-state index < -0.39 is 45.0 Å². The van der Waals surface area contributed by atoms with E-state index in [-0.39, 0.29) is 12.2 Å². The van der Waals surface area contributed by atoms with Crippen molar-refractivity contribution in [3.63, 3.8) is 0 Å². The highest BCUT2D eigenvalue weighted by atomic mass is 32.3. The summed E-state index contributed by atoms with van der Waals surface area (Å²) in [5, 5.41) is 1.54. The van der Waals surface area contributed by atoms with Crippen LogP contribution in [0.3, 0.4) is 0 Å². The minimum absolute atomic E-state index is 0.00585. The molecule has 0 amide bonds. The third kappa shape index (κ3) is 7.62. The summed E-state index contributed by atoms with van der Waals surface area (Å²) < 4.78 is 87.7. The van der Waals surface area contributed by atoms with Gasteiger partial charge in [-0.05, 0) is 44.7 Å². The van der Waals surface area contributed by atoms with Crippen LogP contribution in [0, 0.1) is 0 Å². The number of hydrogen-bond acceptors (Lipinski definition) is 7. The van der Waals surface area contributed by atoms with Crippen LogP contribution in [0.5, 0.6) is 0 Å². The lowest BCUT2D eigenvalue weighted by Crippen LogP contribution is -2.50. The van der Waals surface area contributed by atoms with Gasteiger partial charge in [-0.3, -0.25) is 9.11 Å². The van der Waals surface area contributed by atoms with E-state index in [1.807, 2.05) is 114 Å². The fourth-order valence-corrected chi connectivity index (χ4v) is 6.91. The van der Waals surface area contributed by atoms with Gasteiger partial charge in [0.1, 0.15) is 12.2 Å². The van der Waals surface area contributed by atoms with Gasteiger partial charge in [-0.15, -0.1) is 0 Å². The number of benzene rings is 4. The van der Waals surface area contributed by atoms with Crippen LogP contribution in [0.4, 0.5) is 0 Å². The van der Waals surface area contributed by atoms with Crippen molar-refractivity contribution in [2.24, 2.45) is 0 Å². The summed E-state index contributed by atoms with van der Waals surface area (Å²) in [4.78, 5) is 0. The van der Waals surface area contributed by atoms with E-state index in [4.69, 9.17) is 13.1 Å². The Labute approximate surface area is 267 Å². The van der Waals surface area contributed by atoms with Crippen molar-refractivity contribution in [2.45, 2.75) is 37.4 Å². The largest absolute Gasteiger partial charge is 0.398 e. The Kier molecular flexibility index (Phi) is 9.20. The van der Waals surface area contributed by atoms with Crippen LogP contribution < -0.4 is 0 Å². The molecule has 4 aromatic carbocycles. The summed E-state index contributed by atoms with van der Waals surface area (Å²) in [6, 6.07) is 33.5. The second-order valence-electron chi connectivity index (χ2n) is 11.0. The van der Waals surface area contributed by atoms with Gasteiger partial charge in [-0.1, -0.05) is 109 Å². The second-order valence-corrected chi connectivity index (χ2v) is 13.1. The van der Waals surface area contributed by atoms with Crippen molar-refractivity contribution in [2.75, 3.05) is 0 Å². The molecule has 4 atom stereocenters. The molecule has 0 saturated heterocycles. The Morgan fingerprint density at radius 3 is 2.00 bits per heavy atom. The van der Waals surface area contributed by atoms with E-state index in [1.54, 1.807) is 18.2 Å². The average Bonchev–Trinajstić information content (AvgIpc) is 3.49. The zero-order valence-electron chi connectivity index (χ0n) is 24.4. The maximum atomic E-state index is 12.3. The lowest BCUT2D eigenvalue weighted by molar-refractivity contribution is -0.0755. The lowest BCUT2D eigenvalue weighted by atomic mass is 9.77. The molecule has 238 valence electrons. The topological polar surface area (TPSA) is 141 Å². The summed E-state index contributed by atoms with van der Waals surface area (Å²) in [7, 11) is -10.4. The maximum absolute atomic E-state index is 12.3. The highest BCUT2D eigenvalue weighted by Crippen LogP contribution is 2.43. The SMILES string of the molecule is O=S(=O)(O)O[C@H]1[C@H](OCc2ccccc2)[C@@H](c2ccn(Cc3ccccc3)c2)C=C(c2cccc3ccccc23)[C@H]1OS(=O)(=O)O. The van der Waals surface area contributed by atoms with Crippen LogP contribution >= 0.6 is 0 Å². The van der Waals surface area contributed by atoms with Gasteiger partial charge in [-0.25, -0.2) is 8.37 Å². The van der Waals surface area contributed by atoms with Gasteiger partial charge in [0.25, 0.3) is 0 Å². The Balaban J connectivity index is 1.53. The summed E-state index contributed by atoms with van der Waals surface area (Å²) in [5.74, 6) is -0.720. The van der Waals surface area contributed by atoms with Gasteiger partial charge in [0.05, 0.1) is 12.7 Å². The molecule has 1 aliphatic carbocycles. The summed E-state index contributed by atoms with van der Waals surface area (Å²) in [5.41, 5.74) is 3.27. The van der Waals surface area contributed by atoms with Crippen LogP contribution in [-0.2, 0) is 47.1 Å². The minimum atomic E-state index is -5.19. The van der Waals surface area contributed by atoms with E-state index in [0.29, 0.717) is 17.7 Å². The highest BCUT2D eigenvalue weighted by Gasteiger charge is 2.48. The molecule has 1 heterocycles. The zero-order chi connectivity index (χ0) is 32.3. The number of aromatic nitrogens is 1. The van der Waals surface area contributed by atoms with E-state index in [0.717, 1.165) is 21.9 Å². The Morgan fingerprint density at radius 1 is 0.674 bits per heavy atom. The number of nitrogens with zero attached hydrogens (tertiary/aromatic N) is 1. The summed E-state index contributed by atoms with van der Waals surface area (Å²) >= 11 is 0. The third-order valence-corrected chi connectivity index (χ3v) is 8.77. The smallest absolute Gasteiger partial charge is 0.370 e. The van der Waals surface area contributed by atoms with E-state index in [1.165, 1.54) is 0 Å².